The molecule has 0 unspecified atom stereocenters. The quantitative estimate of drug-likeness (QED) is 0.216. The summed E-state index contributed by atoms with van der Waals surface area (Å²) in [5.74, 6) is -0.484. The minimum Gasteiger partial charge on any atom is -0.493 e. The number of carboxylic acid groups (broad SMARTS) is 1. The van der Waals surface area contributed by atoms with Gasteiger partial charge in [0.2, 0.25) is 0 Å². The van der Waals surface area contributed by atoms with E-state index in [2.05, 4.69) is 27.9 Å². The molecule has 2 N–H and O–H groups in total. The van der Waals surface area contributed by atoms with Crippen molar-refractivity contribution in [2.45, 2.75) is 20.1 Å². The molecular formula is C27H23IN2O6. The van der Waals surface area contributed by atoms with Gasteiger partial charge in [0.25, 0.3) is 5.91 Å². The Balaban J connectivity index is 1.53. The van der Waals surface area contributed by atoms with Crippen LogP contribution in [0.25, 0.3) is 6.08 Å². The largest absolute Gasteiger partial charge is 0.493 e. The fourth-order valence-corrected chi connectivity index (χ4v) is 4.57. The molecule has 36 heavy (non-hydrogen) atoms. The fraction of sp³-hybridized carbons (Fsp3) is 0.148. The van der Waals surface area contributed by atoms with Gasteiger partial charge in [-0.15, -0.1) is 0 Å². The summed E-state index contributed by atoms with van der Waals surface area (Å²) in [7, 11) is 1.51. The van der Waals surface area contributed by atoms with E-state index in [0.717, 1.165) is 14.7 Å². The zero-order valence-corrected chi connectivity index (χ0v) is 21.7. The highest BCUT2D eigenvalue weighted by Crippen LogP contribution is 2.35. The number of methoxy groups -OCH3 is 1. The smallest absolute Gasteiger partial charge is 0.335 e. The topological polar surface area (TPSA) is 105 Å². The Labute approximate surface area is 221 Å². The molecule has 0 radical (unpaired) electrons. The third-order valence-electron chi connectivity index (χ3n) is 5.51. The number of nitrogens with one attached hydrogen (secondary N) is 1. The molecule has 0 aliphatic carbocycles. The first-order valence-corrected chi connectivity index (χ1v) is 12.1. The van der Waals surface area contributed by atoms with Crippen LogP contribution < -0.4 is 14.8 Å². The summed E-state index contributed by atoms with van der Waals surface area (Å²) in [5.41, 5.74) is 3.62. The standard InChI is InChI=1S/C27H23IN2O6/c1-16-5-3-6-17(9-16)14-30-25(31)22(29-27(30)34)12-19-11-21(28)24(23(13-19)35-2)36-15-18-7-4-8-20(10-18)26(32)33/h3-13H,14-15H2,1-2H3,(H,29,34)(H,32,33)/b22-12+. The zero-order chi connectivity index (χ0) is 25.8. The molecule has 3 aromatic rings. The second kappa shape index (κ2) is 10.8. The molecule has 3 amide bonds. The van der Waals surface area contributed by atoms with Crippen LogP contribution in [-0.4, -0.2) is 35.0 Å². The maximum absolute atomic E-state index is 12.9. The van der Waals surface area contributed by atoms with Crippen molar-refractivity contribution in [3.05, 3.63) is 97.7 Å². The summed E-state index contributed by atoms with van der Waals surface area (Å²) in [6.45, 7) is 2.28. The van der Waals surface area contributed by atoms with Crippen LogP contribution in [0.15, 0.2) is 66.4 Å². The molecule has 3 aromatic carbocycles. The van der Waals surface area contributed by atoms with Gasteiger partial charge in [-0.2, -0.15) is 0 Å². The summed E-state index contributed by atoms with van der Waals surface area (Å²) in [5, 5.41) is 11.8. The van der Waals surface area contributed by atoms with Crippen molar-refractivity contribution in [1.29, 1.82) is 0 Å². The number of imide groups is 1. The van der Waals surface area contributed by atoms with Crippen LogP contribution in [0, 0.1) is 10.5 Å². The van der Waals surface area contributed by atoms with Gasteiger partial charge < -0.3 is 19.9 Å². The van der Waals surface area contributed by atoms with E-state index in [9.17, 15) is 19.5 Å². The number of benzene rings is 3. The molecule has 1 heterocycles. The number of rotatable bonds is 8. The molecule has 4 rings (SSSR count). The number of carboxylic acids is 1. The van der Waals surface area contributed by atoms with Crippen molar-refractivity contribution in [2.24, 2.45) is 0 Å². The second-order valence-corrected chi connectivity index (χ2v) is 9.36. The Kier molecular flexibility index (Phi) is 7.58. The fourth-order valence-electron chi connectivity index (χ4n) is 3.79. The van der Waals surface area contributed by atoms with E-state index >= 15 is 0 Å². The number of carbonyl (C=O) groups excluding carboxylic acids is 2. The summed E-state index contributed by atoms with van der Waals surface area (Å²) in [6.07, 6.45) is 1.60. The van der Waals surface area contributed by atoms with E-state index < -0.39 is 17.9 Å². The number of amides is 3. The lowest BCUT2D eigenvalue weighted by molar-refractivity contribution is -0.123. The first-order valence-electron chi connectivity index (χ1n) is 11.0. The number of nitrogens with zero attached hydrogens (tertiary/aromatic N) is 1. The van der Waals surface area contributed by atoms with Crippen molar-refractivity contribution in [2.75, 3.05) is 7.11 Å². The summed E-state index contributed by atoms with van der Waals surface area (Å²) >= 11 is 2.10. The third-order valence-corrected chi connectivity index (χ3v) is 6.31. The maximum Gasteiger partial charge on any atom is 0.335 e. The van der Waals surface area contributed by atoms with E-state index in [1.807, 2.05) is 37.3 Å². The number of hydrogen-bond donors (Lipinski definition) is 2. The van der Waals surface area contributed by atoms with Gasteiger partial charge in [0.15, 0.2) is 11.5 Å². The van der Waals surface area contributed by atoms with Gasteiger partial charge in [-0.1, -0.05) is 42.0 Å². The number of ether oxygens (including phenoxy) is 2. The number of carbonyl (C=O) groups is 3. The highest BCUT2D eigenvalue weighted by atomic mass is 127. The Hall–Kier alpha value is -3.86. The van der Waals surface area contributed by atoms with Crippen molar-refractivity contribution in [3.8, 4) is 11.5 Å². The predicted molar refractivity (Wildman–Crippen MR) is 142 cm³/mol. The van der Waals surface area contributed by atoms with Gasteiger partial charge in [0.1, 0.15) is 12.3 Å². The van der Waals surface area contributed by atoms with Crippen molar-refractivity contribution >= 4 is 46.6 Å². The van der Waals surface area contributed by atoms with Gasteiger partial charge in [-0.25, -0.2) is 9.59 Å². The lowest BCUT2D eigenvalue weighted by Gasteiger charge is -2.14. The minimum absolute atomic E-state index is 0.149. The number of aryl methyl sites for hydroxylation is 1. The lowest BCUT2D eigenvalue weighted by atomic mass is 10.1. The predicted octanol–water partition coefficient (Wildman–Crippen LogP) is 4.98. The molecule has 1 saturated heterocycles. The maximum atomic E-state index is 12.9. The highest BCUT2D eigenvalue weighted by molar-refractivity contribution is 14.1. The summed E-state index contributed by atoms with van der Waals surface area (Å²) < 4.78 is 12.2. The molecule has 0 bridgehead atoms. The number of hydrogen-bond acceptors (Lipinski definition) is 5. The molecule has 1 aliphatic rings. The van der Waals surface area contributed by atoms with Gasteiger partial charge in [0.05, 0.1) is 22.8 Å². The normalized spacial score (nSPS) is 14.2. The number of halogens is 1. The van der Waals surface area contributed by atoms with Gasteiger partial charge in [-0.3, -0.25) is 9.69 Å². The summed E-state index contributed by atoms with van der Waals surface area (Å²) in [6, 6.07) is 17.2. The molecular weight excluding hydrogens is 575 g/mol. The minimum atomic E-state index is -1.01. The van der Waals surface area contributed by atoms with Gasteiger partial charge >= 0.3 is 12.0 Å². The molecule has 184 valence electrons. The molecule has 0 spiro atoms. The number of urea groups is 1. The molecule has 8 nitrogen and oxygen atoms in total. The number of aromatic carboxylic acids is 1. The lowest BCUT2D eigenvalue weighted by Crippen LogP contribution is -2.30. The van der Waals surface area contributed by atoms with Crippen molar-refractivity contribution in [1.82, 2.24) is 10.2 Å². The van der Waals surface area contributed by atoms with E-state index in [4.69, 9.17) is 9.47 Å². The Bertz CT molecular complexity index is 1380. The highest BCUT2D eigenvalue weighted by Gasteiger charge is 2.33. The zero-order valence-electron chi connectivity index (χ0n) is 19.6. The van der Waals surface area contributed by atoms with Crippen LogP contribution in [0.1, 0.15) is 32.6 Å². The van der Waals surface area contributed by atoms with E-state index in [1.165, 1.54) is 18.1 Å². The van der Waals surface area contributed by atoms with E-state index in [-0.39, 0.29) is 24.4 Å². The van der Waals surface area contributed by atoms with Gasteiger partial charge in [-0.05, 0) is 76.5 Å². The second-order valence-electron chi connectivity index (χ2n) is 8.20. The van der Waals surface area contributed by atoms with Crippen LogP contribution >= 0.6 is 22.6 Å². The van der Waals surface area contributed by atoms with Crippen molar-refractivity contribution < 1.29 is 29.0 Å². The molecule has 1 fully saturated rings. The van der Waals surface area contributed by atoms with Crippen molar-refractivity contribution in [3.63, 3.8) is 0 Å². The molecule has 9 heteroatoms. The van der Waals surface area contributed by atoms with E-state index in [1.54, 1.807) is 30.3 Å². The first-order chi connectivity index (χ1) is 17.2. The Morgan fingerprint density at radius 2 is 1.83 bits per heavy atom. The monoisotopic (exact) mass is 598 g/mol. The molecule has 0 atom stereocenters. The Morgan fingerprint density at radius 1 is 1.08 bits per heavy atom. The summed E-state index contributed by atoms with van der Waals surface area (Å²) in [4.78, 5) is 37.8. The Morgan fingerprint density at radius 3 is 2.56 bits per heavy atom. The molecule has 1 aliphatic heterocycles. The third kappa shape index (κ3) is 5.68. The molecule has 0 saturated carbocycles. The van der Waals surface area contributed by atoms with Crippen LogP contribution in [0.4, 0.5) is 4.79 Å². The van der Waals surface area contributed by atoms with Crippen LogP contribution in [0.3, 0.4) is 0 Å². The van der Waals surface area contributed by atoms with Crippen LogP contribution in [0.5, 0.6) is 11.5 Å². The SMILES string of the molecule is COc1cc(/C=C2/NC(=O)N(Cc3cccc(C)c3)C2=O)cc(I)c1OCc1cccc(C(=O)O)c1. The average Bonchev–Trinajstić information content (AvgIpc) is 3.10. The van der Waals surface area contributed by atoms with Crippen LogP contribution in [0.2, 0.25) is 0 Å². The van der Waals surface area contributed by atoms with Crippen LogP contribution in [-0.2, 0) is 17.9 Å². The van der Waals surface area contributed by atoms with E-state index in [0.29, 0.717) is 22.6 Å². The molecule has 0 aromatic heterocycles. The van der Waals surface area contributed by atoms with Gasteiger partial charge in [0, 0.05) is 0 Å². The average molecular weight is 598 g/mol. The first kappa shape index (κ1) is 25.2.